The molecule has 2 amide bonds. The van der Waals surface area contributed by atoms with Gasteiger partial charge in [-0.15, -0.1) is 0 Å². The fourth-order valence-corrected chi connectivity index (χ4v) is 4.95. The summed E-state index contributed by atoms with van der Waals surface area (Å²) in [6.07, 6.45) is 9.01. The Morgan fingerprint density at radius 2 is 2.04 bits per heavy atom. The Balaban J connectivity index is 1.27. The lowest BCUT2D eigenvalue weighted by atomic mass is 9.77. The number of hydrogen-bond acceptors (Lipinski definition) is 3. The zero-order valence-electron chi connectivity index (χ0n) is 15.4. The molecule has 1 aromatic heterocycles. The maximum absolute atomic E-state index is 13.2. The van der Waals surface area contributed by atoms with Gasteiger partial charge in [-0.1, -0.05) is 6.42 Å². The van der Waals surface area contributed by atoms with Crippen LogP contribution in [0.15, 0.2) is 6.07 Å². The third-order valence-corrected chi connectivity index (χ3v) is 7.00. The summed E-state index contributed by atoms with van der Waals surface area (Å²) in [5.41, 5.74) is 1.26. The maximum atomic E-state index is 13.2. The van der Waals surface area contributed by atoms with Crippen molar-refractivity contribution in [3.63, 3.8) is 0 Å². The average molecular weight is 356 g/mol. The van der Waals surface area contributed by atoms with Crippen LogP contribution in [0.4, 0.5) is 0 Å². The molecule has 2 aliphatic heterocycles. The Labute approximate surface area is 154 Å². The first kappa shape index (κ1) is 16.3. The van der Waals surface area contributed by atoms with Gasteiger partial charge in [-0.3, -0.25) is 14.7 Å². The van der Waals surface area contributed by atoms with E-state index in [1.165, 1.54) is 32.1 Å². The van der Waals surface area contributed by atoms with Crippen LogP contribution in [-0.4, -0.2) is 58.0 Å². The van der Waals surface area contributed by atoms with E-state index in [9.17, 15) is 9.59 Å². The number of carbonyl (C=O) groups is 2. The fraction of sp³-hybridized carbons (Fsp3) is 0.750. The summed E-state index contributed by atoms with van der Waals surface area (Å²) < 4.78 is 0. The molecule has 1 spiro atoms. The number of likely N-dealkylation sites (tertiary alicyclic amines) is 2. The first-order valence-corrected chi connectivity index (χ1v) is 10.3. The first-order valence-electron chi connectivity index (χ1n) is 10.3. The van der Waals surface area contributed by atoms with E-state index in [-0.39, 0.29) is 11.3 Å². The quantitative estimate of drug-likeness (QED) is 0.901. The van der Waals surface area contributed by atoms with Gasteiger partial charge in [0.1, 0.15) is 5.69 Å². The summed E-state index contributed by atoms with van der Waals surface area (Å²) in [7, 11) is 0. The third-order valence-electron chi connectivity index (χ3n) is 7.00. The molecule has 1 atom stereocenters. The van der Waals surface area contributed by atoms with Crippen LogP contribution in [0.1, 0.15) is 73.5 Å². The molecule has 2 saturated heterocycles. The SMILES string of the molecule is O=C(c1cc(C2CC2)[nH]n1)N1CC[C@@]2(CCCN(CC3CCC3)C2=O)C1. The number of nitrogens with one attached hydrogen (secondary N) is 1. The van der Waals surface area contributed by atoms with E-state index in [1.807, 2.05) is 11.0 Å². The summed E-state index contributed by atoms with van der Waals surface area (Å²) >= 11 is 0. The molecule has 4 fully saturated rings. The second kappa shape index (κ2) is 6.10. The number of piperidine rings is 1. The standard InChI is InChI=1S/C20H28N4O2/c25-18(17-11-16(21-22-17)15-5-6-15)24-10-8-20(13-24)7-2-9-23(19(20)26)12-14-3-1-4-14/h11,14-15H,1-10,12-13H2,(H,21,22)/t20-/m0/s1. The highest BCUT2D eigenvalue weighted by Crippen LogP contribution is 2.42. The molecule has 6 nitrogen and oxygen atoms in total. The minimum absolute atomic E-state index is 0.0195. The van der Waals surface area contributed by atoms with Crippen LogP contribution >= 0.6 is 0 Å². The Kier molecular flexibility index (Phi) is 3.83. The van der Waals surface area contributed by atoms with Gasteiger partial charge in [0.15, 0.2) is 0 Å². The van der Waals surface area contributed by atoms with E-state index < -0.39 is 0 Å². The smallest absolute Gasteiger partial charge is 0.274 e. The molecule has 0 bridgehead atoms. The van der Waals surface area contributed by atoms with Crippen LogP contribution in [0, 0.1) is 11.3 Å². The molecule has 26 heavy (non-hydrogen) atoms. The maximum Gasteiger partial charge on any atom is 0.274 e. The summed E-state index contributed by atoms with van der Waals surface area (Å²) in [5.74, 6) is 1.55. The van der Waals surface area contributed by atoms with Crippen molar-refractivity contribution in [2.45, 2.75) is 57.3 Å². The fourth-order valence-electron chi connectivity index (χ4n) is 4.95. The minimum Gasteiger partial charge on any atom is -0.342 e. The second-order valence-electron chi connectivity index (χ2n) is 8.89. The highest BCUT2D eigenvalue weighted by molar-refractivity contribution is 5.94. The van der Waals surface area contributed by atoms with Gasteiger partial charge < -0.3 is 9.80 Å². The number of amides is 2. The Hall–Kier alpha value is -1.85. The van der Waals surface area contributed by atoms with E-state index in [4.69, 9.17) is 0 Å². The van der Waals surface area contributed by atoms with Gasteiger partial charge in [-0.05, 0) is 56.9 Å². The minimum atomic E-state index is -0.340. The molecule has 1 N–H and O–H groups in total. The second-order valence-corrected chi connectivity index (χ2v) is 8.89. The van der Waals surface area contributed by atoms with Gasteiger partial charge in [0, 0.05) is 37.8 Å². The van der Waals surface area contributed by atoms with Gasteiger partial charge >= 0.3 is 0 Å². The molecule has 1 aromatic rings. The zero-order chi connectivity index (χ0) is 17.7. The molecule has 140 valence electrons. The first-order chi connectivity index (χ1) is 12.6. The number of hydrogen-bond donors (Lipinski definition) is 1. The molecule has 6 heteroatoms. The Morgan fingerprint density at radius 1 is 1.19 bits per heavy atom. The highest BCUT2D eigenvalue weighted by atomic mass is 16.2. The predicted molar refractivity (Wildman–Crippen MR) is 96.7 cm³/mol. The van der Waals surface area contributed by atoms with Gasteiger partial charge in [0.25, 0.3) is 5.91 Å². The van der Waals surface area contributed by atoms with Crippen LogP contribution in [0.25, 0.3) is 0 Å². The predicted octanol–water partition coefficient (Wildman–Crippen LogP) is 2.54. The third kappa shape index (κ3) is 2.74. The van der Waals surface area contributed by atoms with Gasteiger partial charge in [-0.25, -0.2) is 0 Å². The van der Waals surface area contributed by atoms with Crippen LogP contribution < -0.4 is 0 Å². The van der Waals surface area contributed by atoms with Crippen molar-refractivity contribution < 1.29 is 9.59 Å². The number of H-pyrrole nitrogens is 1. The average Bonchev–Trinajstić information content (AvgIpc) is 3.18. The Bertz CT molecular complexity index is 721. The molecule has 0 unspecified atom stereocenters. The topological polar surface area (TPSA) is 69.3 Å². The summed E-state index contributed by atoms with van der Waals surface area (Å²) in [4.78, 5) is 30.0. The van der Waals surface area contributed by atoms with Crippen molar-refractivity contribution in [3.8, 4) is 0 Å². The summed E-state index contributed by atoms with van der Waals surface area (Å²) in [6.45, 7) is 3.07. The van der Waals surface area contributed by atoms with E-state index >= 15 is 0 Å². The van der Waals surface area contributed by atoms with E-state index in [2.05, 4.69) is 15.1 Å². The lowest BCUT2D eigenvalue weighted by molar-refractivity contribution is -0.146. The molecule has 2 aliphatic carbocycles. The molecule has 2 saturated carbocycles. The van der Waals surface area contributed by atoms with Crippen LogP contribution in [0.5, 0.6) is 0 Å². The number of nitrogens with zero attached hydrogens (tertiary/aromatic N) is 3. The molecule has 0 radical (unpaired) electrons. The van der Waals surface area contributed by atoms with Crippen molar-refractivity contribution in [3.05, 3.63) is 17.5 Å². The lowest BCUT2D eigenvalue weighted by Crippen LogP contribution is -2.52. The molecule has 3 heterocycles. The van der Waals surface area contributed by atoms with Crippen LogP contribution in [-0.2, 0) is 4.79 Å². The number of carbonyl (C=O) groups excluding carboxylic acids is 2. The van der Waals surface area contributed by atoms with Crippen molar-refractivity contribution in [2.75, 3.05) is 26.2 Å². The molecular formula is C20H28N4O2. The summed E-state index contributed by atoms with van der Waals surface area (Å²) in [5, 5.41) is 7.26. The summed E-state index contributed by atoms with van der Waals surface area (Å²) in [6, 6.07) is 1.91. The number of rotatable bonds is 4. The molecule has 0 aromatic carbocycles. The highest BCUT2D eigenvalue weighted by Gasteiger charge is 2.50. The van der Waals surface area contributed by atoms with Crippen molar-refractivity contribution in [2.24, 2.45) is 11.3 Å². The van der Waals surface area contributed by atoms with E-state index in [1.54, 1.807) is 0 Å². The molecule has 4 aliphatic rings. The largest absolute Gasteiger partial charge is 0.342 e. The Morgan fingerprint density at radius 3 is 2.77 bits per heavy atom. The van der Waals surface area contributed by atoms with E-state index in [0.717, 1.165) is 38.0 Å². The van der Waals surface area contributed by atoms with E-state index in [0.29, 0.717) is 36.5 Å². The van der Waals surface area contributed by atoms with Gasteiger partial charge in [-0.2, -0.15) is 5.10 Å². The van der Waals surface area contributed by atoms with Crippen molar-refractivity contribution >= 4 is 11.8 Å². The molecular weight excluding hydrogens is 328 g/mol. The van der Waals surface area contributed by atoms with Crippen molar-refractivity contribution in [1.82, 2.24) is 20.0 Å². The van der Waals surface area contributed by atoms with Gasteiger partial charge in [0.2, 0.25) is 5.91 Å². The zero-order valence-corrected chi connectivity index (χ0v) is 15.4. The van der Waals surface area contributed by atoms with Crippen LogP contribution in [0.3, 0.4) is 0 Å². The number of aromatic nitrogens is 2. The number of aromatic amines is 1. The van der Waals surface area contributed by atoms with Gasteiger partial charge in [0.05, 0.1) is 5.41 Å². The normalized spacial score (nSPS) is 29.5. The van der Waals surface area contributed by atoms with Crippen LogP contribution in [0.2, 0.25) is 0 Å². The lowest BCUT2D eigenvalue weighted by Gasteiger charge is -2.42. The monoisotopic (exact) mass is 356 g/mol. The molecule has 5 rings (SSSR count). The van der Waals surface area contributed by atoms with Crippen molar-refractivity contribution in [1.29, 1.82) is 0 Å².